The second kappa shape index (κ2) is 8.59. The van der Waals surface area contributed by atoms with E-state index < -0.39 is 0 Å². The third-order valence-electron chi connectivity index (χ3n) is 5.91. The first-order valence-corrected chi connectivity index (χ1v) is 10.3. The van der Waals surface area contributed by atoms with Crippen LogP contribution in [0.25, 0.3) is 0 Å². The first-order valence-electron chi connectivity index (χ1n) is 10.3. The number of nitrogens with zero attached hydrogens (tertiary/aromatic N) is 3. The van der Waals surface area contributed by atoms with Gasteiger partial charge in [0, 0.05) is 31.9 Å². The fraction of sp³-hybridized carbons (Fsp3) is 0.455. The van der Waals surface area contributed by atoms with Gasteiger partial charge in [-0.3, -0.25) is 24.0 Å². The number of amides is 3. The molecule has 2 aromatic rings. The number of imide groups is 1. The quantitative estimate of drug-likeness (QED) is 0.729. The smallest absolute Gasteiger partial charge is 0.233 e. The number of carbonyl (C=O) groups excluding carboxylic acids is 3. The summed E-state index contributed by atoms with van der Waals surface area (Å²) in [5.41, 5.74) is 2.14. The fourth-order valence-electron chi connectivity index (χ4n) is 4.30. The van der Waals surface area contributed by atoms with Crippen LogP contribution in [-0.4, -0.2) is 38.9 Å². The summed E-state index contributed by atoms with van der Waals surface area (Å²) >= 11 is 0. The number of likely N-dealkylation sites (tertiary alicyclic amines) is 1. The van der Waals surface area contributed by atoms with Gasteiger partial charge in [-0.05, 0) is 30.0 Å². The van der Waals surface area contributed by atoms with Crippen molar-refractivity contribution >= 4 is 17.7 Å². The van der Waals surface area contributed by atoms with Crippen molar-refractivity contribution in [3.8, 4) is 0 Å². The maximum absolute atomic E-state index is 12.5. The minimum Gasteiger partial charge on any atom is -0.352 e. The third kappa shape index (κ3) is 4.39. The van der Waals surface area contributed by atoms with E-state index in [9.17, 15) is 14.4 Å². The number of hydrogen-bond acceptors (Lipinski definition) is 4. The van der Waals surface area contributed by atoms with Crippen molar-refractivity contribution in [2.45, 2.75) is 45.2 Å². The van der Waals surface area contributed by atoms with Crippen molar-refractivity contribution in [3.05, 3.63) is 53.9 Å². The Balaban J connectivity index is 1.23. The van der Waals surface area contributed by atoms with Gasteiger partial charge in [0.15, 0.2) is 0 Å². The molecule has 0 radical (unpaired) electrons. The molecule has 1 aliphatic carbocycles. The lowest BCUT2D eigenvalue weighted by atomic mass is 9.81. The van der Waals surface area contributed by atoms with Crippen molar-refractivity contribution in [1.82, 2.24) is 20.0 Å². The van der Waals surface area contributed by atoms with E-state index in [-0.39, 0.29) is 42.5 Å². The second-order valence-electron chi connectivity index (χ2n) is 7.87. The Kier molecular flexibility index (Phi) is 5.74. The number of nitrogens with one attached hydrogen (secondary N) is 1. The van der Waals surface area contributed by atoms with Crippen molar-refractivity contribution in [3.63, 3.8) is 0 Å². The first-order chi connectivity index (χ1) is 14.1. The van der Waals surface area contributed by atoms with Gasteiger partial charge in [-0.2, -0.15) is 5.10 Å². The minimum absolute atomic E-state index is 0.0831. The predicted molar refractivity (Wildman–Crippen MR) is 106 cm³/mol. The highest BCUT2D eigenvalue weighted by Crippen LogP contribution is 2.37. The van der Waals surface area contributed by atoms with Crippen LogP contribution in [0, 0.1) is 11.8 Å². The minimum atomic E-state index is -0.153. The zero-order valence-corrected chi connectivity index (χ0v) is 16.4. The summed E-state index contributed by atoms with van der Waals surface area (Å²) in [5.74, 6) is -0.624. The van der Waals surface area contributed by atoms with Crippen LogP contribution in [0.4, 0.5) is 0 Å². The Morgan fingerprint density at radius 3 is 2.31 bits per heavy atom. The number of benzene rings is 1. The molecule has 2 heterocycles. The lowest BCUT2D eigenvalue weighted by Gasteiger charge is -2.19. The molecule has 0 bridgehead atoms. The topological polar surface area (TPSA) is 84.3 Å². The molecule has 0 unspecified atom stereocenters. The van der Waals surface area contributed by atoms with Crippen LogP contribution in [0.1, 0.15) is 43.2 Å². The Morgan fingerprint density at radius 2 is 1.69 bits per heavy atom. The SMILES string of the molecule is O=C(CCN1C(=O)[C@H]2CCCC[C@@H]2C1=O)NCc1ccc(Cn2cccn2)cc1. The van der Waals surface area contributed by atoms with Crippen LogP contribution in [-0.2, 0) is 27.5 Å². The van der Waals surface area contributed by atoms with Gasteiger partial charge in [0.05, 0.1) is 18.4 Å². The summed E-state index contributed by atoms with van der Waals surface area (Å²) in [4.78, 5) is 38.4. The molecule has 2 atom stereocenters. The molecule has 7 heteroatoms. The summed E-state index contributed by atoms with van der Waals surface area (Å²) in [5, 5.41) is 7.06. The van der Waals surface area contributed by atoms with E-state index >= 15 is 0 Å². The predicted octanol–water partition coefficient (Wildman–Crippen LogP) is 2.11. The van der Waals surface area contributed by atoms with Gasteiger partial charge in [0.2, 0.25) is 17.7 Å². The second-order valence-corrected chi connectivity index (χ2v) is 7.87. The van der Waals surface area contributed by atoms with Gasteiger partial charge in [-0.1, -0.05) is 37.1 Å². The van der Waals surface area contributed by atoms with E-state index in [2.05, 4.69) is 10.4 Å². The first kappa shape index (κ1) is 19.4. The Hall–Kier alpha value is -2.96. The molecule has 2 aliphatic rings. The Morgan fingerprint density at radius 1 is 1.03 bits per heavy atom. The molecule has 1 saturated heterocycles. The monoisotopic (exact) mass is 394 g/mol. The number of rotatable bonds is 7. The summed E-state index contributed by atoms with van der Waals surface area (Å²) in [7, 11) is 0. The molecule has 152 valence electrons. The van der Waals surface area contributed by atoms with Gasteiger partial charge in [-0.25, -0.2) is 0 Å². The van der Waals surface area contributed by atoms with Crippen LogP contribution in [0.3, 0.4) is 0 Å². The Labute approximate surface area is 170 Å². The van der Waals surface area contributed by atoms with Crippen molar-refractivity contribution < 1.29 is 14.4 Å². The summed E-state index contributed by atoms with van der Waals surface area (Å²) in [6, 6.07) is 9.90. The highest BCUT2D eigenvalue weighted by atomic mass is 16.2. The summed E-state index contributed by atoms with van der Waals surface area (Å²) in [6.45, 7) is 1.31. The van der Waals surface area contributed by atoms with Gasteiger partial charge in [0.25, 0.3) is 0 Å². The van der Waals surface area contributed by atoms with Crippen LogP contribution in [0.2, 0.25) is 0 Å². The summed E-state index contributed by atoms with van der Waals surface area (Å²) < 4.78 is 1.86. The molecule has 1 aromatic heterocycles. The van der Waals surface area contributed by atoms with E-state index in [0.29, 0.717) is 13.1 Å². The summed E-state index contributed by atoms with van der Waals surface area (Å²) in [6.07, 6.45) is 7.43. The third-order valence-corrected chi connectivity index (χ3v) is 5.91. The molecule has 3 amide bonds. The molecule has 1 N–H and O–H groups in total. The maximum Gasteiger partial charge on any atom is 0.233 e. The molecular formula is C22H26N4O3. The number of hydrogen-bond donors (Lipinski definition) is 1. The normalized spacial score (nSPS) is 21.3. The van der Waals surface area contributed by atoms with Gasteiger partial charge in [0.1, 0.15) is 0 Å². The van der Waals surface area contributed by atoms with Crippen LogP contribution >= 0.6 is 0 Å². The molecular weight excluding hydrogens is 368 g/mol. The standard InChI is InChI=1S/C22H26N4O3/c27-20(10-13-26-21(28)18-4-1-2-5-19(18)22(26)29)23-14-16-6-8-17(9-7-16)15-25-12-3-11-24-25/h3,6-9,11-12,18-19H,1-2,4-5,10,13-15H2,(H,23,27)/t18-,19-/m0/s1. The van der Waals surface area contributed by atoms with E-state index in [1.807, 2.05) is 41.2 Å². The van der Waals surface area contributed by atoms with Crippen molar-refractivity contribution in [1.29, 1.82) is 0 Å². The molecule has 4 rings (SSSR count). The average molecular weight is 394 g/mol. The zero-order chi connectivity index (χ0) is 20.2. The maximum atomic E-state index is 12.5. The molecule has 29 heavy (non-hydrogen) atoms. The van der Waals surface area contributed by atoms with Crippen molar-refractivity contribution in [2.24, 2.45) is 11.8 Å². The largest absolute Gasteiger partial charge is 0.352 e. The highest BCUT2D eigenvalue weighted by Gasteiger charge is 2.47. The molecule has 1 aromatic carbocycles. The number of aromatic nitrogens is 2. The van der Waals surface area contributed by atoms with Crippen LogP contribution in [0.15, 0.2) is 42.7 Å². The molecule has 0 spiro atoms. The van der Waals surface area contributed by atoms with Crippen LogP contribution < -0.4 is 5.32 Å². The van der Waals surface area contributed by atoms with E-state index in [0.717, 1.165) is 36.8 Å². The fourth-order valence-corrected chi connectivity index (χ4v) is 4.30. The van der Waals surface area contributed by atoms with Gasteiger partial charge in [-0.15, -0.1) is 0 Å². The number of carbonyl (C=O) groups is 3. The van der Waals surface area contributed by atoms with E-state index in [4.69, 9.17) is 0 Å². The highest BCUT2D eigenvalue weighted by molar-refractivity contribution is 6.05. The zero-order valence-electron chi connectivity index (χ0n) is 16.4. The van der Waals surface area contributed by atoms with Crippen LogP contribution in [0.5, 0.6) is 0 Å². The van der Waals surface area contributed by atoms with Gasteiger partial charge < -0.3 is 5.32 Å². The van der Waals surface area contributed by atoms with E-state index in [1.54, 1.807) is 6.20 Å². The average Bonchev–Trinajstić information content (AvgIpc) is 3.33. The van der Waals surface area contributed by atoms with E-state index in [1.165, 1.54) is 4.90 Å². The molecule has 2 fully saturated rings. The lowest BCUT2D eigenvalue weighted by Crippen LogP contribution is -2.35. The van der Waals surface area contributed by atoms with Gasteiger partial charge >= 0.3 is 0 Å². The Bertz CT molecular complexity index is 852. The molecule has 1 aliphatic heterocycles. The number of fused-ring (bicyclic) bond motifs is 1. The molecule has 1 saturated carbocycles. The molecule has 7 nitrogen and oxygen atoms in total. The lowest BCUT2D eigenvalue weighted by molar-refractivity contribution is -0.140. The van der Waals surface area contributed by atoms with Crippen molar-refractivity contribution in [2.75, 3.05) is 6.54 Å².